The molecule has 1 saturated heterocycles. The van der Waals surface area contributed by atoms with Crippen LogP contribution in [0.3, 0.4) is 0 Å². The third-order valence-electron chi connectivity index (χ3n) is 5.68. The number of methoxy groups -OCH3 is 1. The number of rotatable bonds is 8. The summed E-state index contributed by atoms with van der Waals surface area (Å²) >= 11 is 5.58. The van der Waals surface area contributed by atoms with Crippen molar-refractivity contribution in [3.05, 3.63) is 71.5 Å². The molecule has 0 aromatic heterocycles. The number of ether oxygens (including phenoxy) is 2. The van der Waals surface area contributed by atoms with Crippen molar-refractivity contribution in [3.8, 4) is 0 Å². The molecule has 0 bridgehead atoms. The van der Waals surface area contributed by atoms with Crippen LogP contribution in [0, 0.1) is 11.7 Å². The monoisotopic (exact) mass is 416 g/mol. The maximum atomic E-state index is 14.8. The summed E-state index contributed by atoms with van der Waals surface area (Å²) in [5.41, 5.74) is 0.103. The van der Waals surface area contributed by atoms with Gasteiger partial charge in [0, 0.05) is 41.9 Å². The Morgan fingerprint density at radius 3 is 2.59 bits per heavy atom. The van der Waals surface area contributed by atoms with E-state index in [2.05, 4.69) is 0 Å². The van der Waals surface area contributed by atoms with E-state index in [1.807, 2.05) is 6.07 Å². The highest BCUT2D eigenvalue weighted by atomic mass is 32.1. The zero-order valence-corrected chi connectivity index (χ0v) is 17.2. The van der Waals surface area contributed by atoms with E-state index in [1.54, 1.807) is 49.6 Å². The lowest BCUT2D eigenvalue weighted by molar-refractivity contribution is -0.122. The van der Waals surface area contributed by atoms with Crippen molar-refractivity contribution < 1.29 is 23.8 Å². The van der Waals surface area contributed by atoms with Crippen LogP contribution in [0.25, 0.3) is 0 Å². The molecule has 0 spiro atoms. The van der Waals surface area contributed by atoms with Gasteiger partial charge in [-0.2, -0.15) is 0 Å². The molecule has 3 rings (SSSR count). The number of halogens is 1. The second kappa shape index (κ2) is 9.67. The highest BCUT2D eigenvalue weighted by Gasteiger charge is 2.49. The predicted molar refractivity (Wildman–Crippen MR) is 113 cm³/mol. The Balaban J connectivity index is 1.92. The molecule has 1 N–H and O–H groups in total. The summed E-state index contributed by atoms with van der Waals surface area (Å²) in [5.74, 6) is -0.883. The largest absolute Gasteiger partial charge is 0.396 e. The number of Topliss-reactive ketones (excluding diaryl/α,β-unsaturated/α-hetero) is 1. The quantitative estimate of drug-likeness (QED) is 0.525. The van der Waals surface area contributed by atoms with Gasteiger partial charge in [0.15, 0.2) is 5.78 Å². The molecule has 1 aliphatic rings. The first-order valence-electron chi connectivity index (χ1n) is 9.58. The molecular formula is C23H25FO4S. The fourth-order valence-electron chi connectivity index (χ4n) is 4.20. The highest BCUT2D eigenvalue weighted by Crippen LogP contribution is 2.43. The van der Waals surface area contributed by atoms with Crippen molar-refractivity contribution in [2.24, 2.45) is 5.92 Å². The number of aliphatic hydroxyl groups excluding tert-OH is 1. The Labute approximate surface area is 175 Å². The first-order valence-corrected chi connectivity index (χ1v) is 9.99. The maximum absolute atomic E-state index is 14.8. The van der Waals surface area contributed by atoms with E-state index >= 15 is 0 Å². The van der Waals surface area contributed by atoms with Gasteiger partial charge in [-0.05, 0) is 18.1 Å². The van der Waals surface area contributed by atoms with E-state index in [4.69, 9.17) is 21.7 Å². The molecule has 4 nitrogen and oxygen atoms in total. The van der Waals surface area contributed by atoms with E-state index in [1.165, 1.54) is 6.07 Å². The lowest BCUT2D eigenvalue weighted by Crippen LogP contribution is -2.55. The van der Waals surface area contributed by atoms with Crippen LogP contribution in [0.1, 0.15) is 28.8 Å². The Morgan fingerprint density at radius 2 is 1.93 bits per heavy atom. The van der Waals surface area contributed by atoms with Gasteiger partial charge in [0.05, 0.1) is 19.3 Å². The molecule has 0 aliphatic carbocycles. The van der Waals surface area contributed by atoms with Gasteiger partial charge in [0.1, 0.15) is 5.82 Å². The summed E-state index contributed by atoms with van der Waals surface area (Å²) in [6.07, 6.45) is -0.0841. The third-order valence-corrected chi connectivity index (χ3v) is 5.96. The topological polar surface area (TPSA) is 55.8 Å². The third kappa shape index (κ3) is 4.61. The van der Waals surface area contributed by atoms with E-state index in [9.17, 15) is 14.3 Å². The van der Waals surface area contributed by atoms with Crippen LogP contribution in [-0.4, -0.2) is 48.8 Å². The summed E-state index contributed by atoms with van der Waals surface area (Å²) in [7, 11) is 1.55. The smallest absolute Gasteiger partial charge is 0.167 e. The molecule has 0 amide bonds. The first-order chi connectivity index (χ1) is 14.0. The molecular weight excluding hydrogens is 391 g/mol. The van der Waals surface area contributed by atoms with Crippen LogP contribution >= 0.6 is 12.2 Å². The standard InChI is InChI=1S/C23H25FO4S/c1-27-22-14-28-15-23(19(22)13-25,18-9-5-6-10-20(18)24)12-17(29)11-21(26)16-7-3-2-4-8-16/h2-10,19,22,25H,11-15H2,1H3/t19-,22+,23+/m1/s1. The van der Waals surface area contributed by atoms with E-state index in [0.29, 0.717) is 22.6 Å². The van der Waals surface area contributed by atoms with Crippen LogP contribution in [0.5, 0.6) is 0 Å². The van der Waals surface area contributed by atoms with Crippen LogP contribution in [0.4, 0.5) is 4.39 Å². The Kier molecular flexibility index (Phi) is 7.24. The van der Waals surface area contributed by atoms with Crippen molar-refractivity contribution >= 4 is 22.9 Å². The summed E-state index contributed by atoms with van der Waals surface area (Å²) in [5, 5.41) is 10.2. The van der Waals surface area contributed by atoms with Gasteiger partial charge in [0.25, 0.3) is 0 Å². The van der Waals surface area contributed by atoms with Gasteiger partial charge in [-0.25, -0.2) is 4.39 Å². The molecule has 1 fully saturated rings. The summed E-state index contributed by atoms with van der Waals surface area (Å²) in [4.78, 5) is 13.1. The predicted octanol–water partition coefficient (Wildman–Crippen LogP) is 3.75. The first kappa shape index (κ1) is 21.7. The number of carbonyl (C=O) groups is 1. The van der Waals surface area contributed by atoms with E-state index < -0.39 is 17.4 Å². The fourth-order valence-corrected chi connectivity index (χ4v) is 4.59. The number of carbonyl (C=O) groups excluding carboxylic acids is 1. The van der Waals surface area contributed by atoms with Gasteiger partial charge >= 0.3 is 0 Å². The SMILES string of the molecule is CO[C@H]1COC[C@@](CC(=S)CC(=O)c2ccccc2)(c2ccccc2F)[C@@H]1CO. The van der Waals surface area contributed by atoms with Crippen molar-refractivity contribution in [1.82, 2.24) is 0 Å². The van der Waals surface area contributed by atoms with Gasteiger partial charge < -0.3 is 14.6 Å². The number of ketones is 1. The van der Waals surface area contributed by atoms with Gasteiger partial charge in [-0.1, -0.05) is 60.7 Å². The summed E-state index contributed by atoms with van der Waals surface area (Å²) < 4.78 is 26.1. The normalized spacial score (nSPS) is 24.2. The zero-order chi connectivity index (χ0) is 20.9. The van der Waals surface area contributed by atoms with Crippen LogP contribution in [0.15, 0.2) is 54.6 Å². The van der Waals surface area contributed by atoms with Crippen LogP contribution in [0.2, 0.25) is 0 Å². The number of aliphatic hydroxyl groups is 1. The number of benzene rings is 2. The van der Waals surface area contributed by atoms with Crippen molar-refractivity contribution in [3.63, 3.8) is 0 Å². The zero-order valence-electron chi connectivity index (χ0n) is 16.3. The molecule has 154 valence electrons. The number of hydrogen-bond acceptors (Lipinski definition) is 5. The summed E-state index contributed by atoms with van der Waals surface area (Å²) in [6, 6.07) is 15.4. The Morgan fingerprint density at radius 1 is 1.24 bits per heavy atom. The minimum atomic E-state index is -0.910. The average molecular weight is 417 g/mol. The van der Waals surface area contributed by atoms with E-state index in [0.717, 1.165) is 0 Å². The minimum absolute atomic E-state index is 0.0747. The Hall–Kier alpha value is -1.99. The molecule has 1 heterocycles. The van der Waals surface area contributed by atoms with Crippen molar-refractivity contribution in [2.75, 3.05) is 26.9 Å². The lowest BCUT2D eigenvalue weighted by Gasteiger charge is -2.47. The van der Waals surface area contributed by atoms with Gasteiger partial charge in [-0.3, -0.25) is 4.79 Å². The molecule has 29 heavy (non-hydrogen) atoms. The van der Waals surface area contributed by atoms with Crippen molar-refractivity contribution in [1.29, 1.82) is 0 Å². The summed E-state index contributed by atoms with van der Waals surface area (Å²) in [6.45, 7) is 0.303. The molecule has 0 saturated carbocycles. The van der Waals surface area contributed by atoms with Gasteiger partial charge in [0.2, 0.25) is 0 Å². The average Bonchev–Trinajstić information content (AvgIpc) is 2.74. The highest BCUT2D eigenvalue weighted by molar-refractivity contribution is 7.80. The molecule has 0 unspecified atom stereocenters. The van der Waals surface area contributed by atoms with Crippen LogP contribution < -0.4 is 0 Å². The minimum Gasteiger partial charge on any atom is -0.396 e. The number of thiocarbonyl (C=S) groups is 1. The molecule has 2 aromatic rings. The second-order valence-corrected chi connectivity index (χ2v) is 7.97. The lowest BCUT2D eigenvalue weighted by atomic mass is 9.64. The maximum Gasteiger partial charge on any atom is 0.167 e. The molecule has 3 atom stereocenters. The van der Waals surface area contributed by atoms with Crippen molar-refractivity contribution in [2.45, 2.75) is 24.4 Å². The molecule has 2 aromatic carbocycles. The van der Waals surface area contributed by atoms with Crippen LogP contribution in [-0.2, 0) is 14.9 Å². The second-order valence-electron chi connectivity index (χ2n) is 7.40. The molecule has 0 radical (unpaired) electrons. The van der Waals surface area contributed by atoms with Gasteiger partial charge in [-0.15, -0.1) is 0 Å². The fraction of sp³-hybridized carbons (Fsp3) is 0.391. The number of hydrogen-bond donors (Lipinski definition) is 1. The Bertz CT molecular complexity index is 857. The molecule has 6 heteroatoms. The molecule has 1 aliphatic heterocycles. The van der Waals surface area contributed by atoms with E-state index in [-0.39, 0.29) is 37.7 Å².